The van der Waals surface area contributed by atoms with Crippen molar-refractivity contribution >= 4 is 16.9 Å². The van der Waals surface area contributed by atoms with Gasteiger partial charge >= 0.3 is 5.97 Å². The van der Waals surface area contributed by atoms with Gasteiger partial charge in [-0.3, -0.25) is 4.79 Å². The second kappa shape index (κ2) is 5.92. The predicted molar refractivity (Wildman–Crippen MR) is 93.9 cm³/mol. The molecule has 0 aliphatic heterocycles. The Morgan fingerprint density at radius 3 is 2.57 bits per heavy atom. The number of fused-ring (bicyclic) bond motifs is 1. The molecule has 1 aromatic heterocycles. The molecule has 3 aromatic rings. The van der Waals surface area contributed by atoms with Gasteiger partial charge in [-0.2, -0.15) is 0 Å². The van der Waals surface area contributed by atoms with Crippen molar-refractivity contribution in [2.75, 3.05) is 0 Å². The zero-order chi connectivity index (χ0) is 16.6. The van der Waals surface area contributed by atoms with Gasteiger partial charge in [-0.15, -0.1) is 0 Å². The molecule has 0 saturated carbocycles. The molecule has 0 amide bonds. The van der Waals surface area contributed by atoms with E-state index in [-0.39, 0.29) is 6.42 Å². The fourth-order valence-electron chi connectivity index (χ4n) is 3.17. The first-order valence-corrected chi connectivity index (χ1v) is 7.92. The number of H-pyrrole nitrogens is 1. The van der Waals surface area contributed by atoms with Crippen LogP contribution in [0.2, 0.25) is 0 Å². The topological polar surface area (TPSA) is 53.1 Å². The smallest absolute Gasteiger partial charge is 0.307 e. The monoisotopic (exact) mass is 307 g/mol. The van der Waals surface area contributed by atoms with Gasteiger partial charge in [0.05, 0.1) is 12.1 Å². The van der Waals surface area contributed by atoms with Crippen LogP contribution in [0.3, 0.4) is 0 Å². The van der Waals surface area contributed by atoms with Crippen LogP contribution in [0.25, 0.3) is 22.2 Å². The fraction of sp³-hybridized carbons (Fsp3) is 0.250. The maximum absolute atomic E-state index is 11.4. The minimum atomic E-state index is -0.807. The van der Waals surface area contributed by atoms with Gasteiger partial charge in [0.25, 0.3) is 0 Å². The summed E-state index contributed by atoms with van der Waals surface area (Å²) in [5.74, 6) is -0.807. The Morgan fingerprint density at radius 1 is 1.13 bits per heavy atom. The zero-order valence-corrected chi connectivity index (χ0v) is 13.7. The number of hydrogen-bond acceptors (Lipinski definition) is 1. The van der Waals surface area contributed by atoms with E-state index >= 15 is 0 Å². The minimum Gasteiger partial charge on any atom is -0.481 e. The lowest BCUT2D eigenvalue weighted by molar-refractivity contribution is -0.136. The maximum atomic E-state index is 11.4. The number of aryl methyl sites for hydroxylation is 3. The molecular formula is C20H21NO2. The molecule has 2 aromatic carbocycles. The molecule has 3 rings (SSSR count). The molecule has 2 N–H and O–H groups in total. The van der Waals surface area contributed by atoms with Crippen LogP contribution in [0.4, 0.5) is 0 Å². The predicted octanol–water partition coefficient (Wildman–Crippen LogP) is 4.64. The number of aromatic amines is 1. The first-order valence-electron chi connectivity index (χ1n) is 7.92. The Kier molecular flexibility index (Phi) is 3.95. The second-order valence-corrected chi connectivity index (χ2v) is 6.10. The van der Waals surface area contributed by atoms with Crippen molar-refractivity contribution in [2.45, 2.75) is 33.6 Å². The van der Waals surface area contributed by atoms with E-state index in [4.69, 9.17) is 0 Å². The van der Waals surface area contributed by atoms with Crippen LogP contribution in [-0.4, -0.2) is 16.1 Å². The van der Waals surface area contributed by atoms with Crippen LogP contribution in [0.1, 0.15) is 29.2 Å². The molecular weight excluding hydrogens is 286 g/mol. The summed E-state index contributed by atoms with van der Waals surface area (Å²) in [6, 6.07) is 12.5. The van der Waals surface area contributed by atoms with E-state index in [2.05, 4.69) is 56.1 Å². The lowest BCUT2D eigenvalue weighted by Gasteiger charge is -2.08. The number of carbonyl (C=O) groups is 1. The van der Waals surface area contributed by atoms with Gasteiger partial charge < -0.3 is 10.1 Å². The molecule has 0 fully saturated rings. The summed E-state index contributed by atoms with van der Waals surface area (Å²) in [6.45, 7) is 6.24. The second-order valence-electron chi connectivity index (χ2n) is 6.10. The Balaban J connectivity index is 2.28. The SMILES string of the molecule is CCc1ccc2[nH]c(-c3ccc(C)cc3C)c(CC(=O)O)c2c1. The molecule has 0 saturated heterocycles. The highest BCUT2D eigenvalue weighted by Gasteiger charge is 2.17. The maximum Gasteiger partial charge on any atom is 0.307 e. The highest BCUT2D eigenvalue weighted by molar-refractivity contribution is 5.94. The number of benzene rings is 2. The van der Waals surface area contributed by atoms with Crippen molar-refractivity contribution in [1.29, 1.82) is 0 Å². The third kappa shape index (κ3) is 2.87. The van der Waals surface area contributed by atoms with Crippen LogP contribution in [-0.2, 0) is 17.6 Å². The molecule has 0 atom stereocenters. The van der Waals surface area contributed by atoms with Gasteiger partial charge in [0.1, 0.15) is 0 Å². The summed E-state index contributed by atoms with van der Waals surface area (Å²) in [4.78, 5) is 14.8. The number of carboxylic acids is 1. The summed E-state index contributed by atoms with van der Waals surface area (Å²) >= 11 is 0. The van der Waals surface area contributed by atoms with E-state index in [9.17, 15) is 9.90 Å². The molecule has 0 spiro atoms. The van der Waals surface area contributed by atoms with Crippen LogP contribution in [0, 0.1) is 13.8 Å². The Morgan fingerprint density at radius 2 is 1.91 bits per heavy atom. The highest BCUT2D eigenvalue weighted by atomic mass is 16.4. The van der Waals surface area contributed by atoms with Crippen molar-refractivity contribution in [3.05, 3.63) is 58.7 Å². The van der Waals surface area contributed by atoms with E-state index in [0.29, 0.717) is 0 Å². The first kappa shape index (κ1) is 15.3. The zero-order valence-electron chi connectivity index (χ0n) is 13.7. The molecule has 0 aliphatic carbocycles. The van der Waals surface area contributed by atoms with Crippen LogP contribution in [0.5, 0.6) is 0 Å². The number of hydrogen-bond donors (Lipinski definition) is 2. The van der Waals surface area contributed by atoms with Crippen molar-refractivity contribution in [3.8, 4) is 11.3 Å². The van der Waals surface area contributed by atoms with Gasteiger partial charge in [0.2, 0.25) is 0 Å². The minimum absolute atomic E-state index is 0.0236. The average molecular weight is 307 g/mol. The lowest BCUT2D eigenvalue weighted by Crippen LogP contribution is -2.01. The standard InChI is InChI=1S/C20H21NO2/c1-4-14-6-8-18-16(10-14)17(11-19(22)23)20(21-18)15-7-5-12(2)9-13(15)3/h5-10,21H,4,11H2,1-3H3,(H,22,23). The van der Waals surface area contributed by atoms with Crippen molar-refractivity contribution in [1.82, 2.24) is 4.98 Å². The van der Waals surface area contributed by atoms with Gasteiger partial charge in [-0.1, -0.05) is 36.8 Å². The van der Waals surface area contributed by atoms with E-state index in [1.807, 2.05) is 6.07 Å². The Hall–Kier alpha value is -2.55. The lowest BCUT2D eigenvalue weighted by atomic mass is 9.97. The van der Waals surface area contributed by atoms with E-state index in [0.717, 1.165) is 39.7 Å². The molecule has 0 unspecified atom stereocenters. The number of carboxylic acid groups (broad SMARTS) is 1. The molecule has 3 heteroatoms. The largest absolute Gasteiger partial charge is 0.481 e. The van der Waals surface area contributed by atoms with E-state index < -0.39 is 5.97 Å². The summed E-state index contributed by atoms with van der Waals surface area (Å²) in [5.41, 5.74) is 7.43. The third-order valence-electron chi connectivity index (χ3n) is 4.36. The van der Waals surface area contributed by atoms with Gasteiger partial charge in [-0.05, 0) is 49.1 Å². The van der Waals surface area contributed by atoms with Crippen LogP contribution in [0.15, 0.2) is 36.4 Å². The fourth-order valence-corrected chi connectivity index (χ4v) is 3.17. The molecule has 0 radical (unpaired) electrons. The highest BCUT2D eigenvalue weighted by Crippen LogP contribution is 2.33. The van der Waals surface area contributed by atoms with Crippen molar-refractivity contribution in [2.24, 2.45) is 0 Å². The van der Waals surface area contributed by atoms with Crippen molar-refractivity contribution < 1.29 is 9.90 Å². The molecule has 23 heavy (non-hydrogen) atoms. The summed E-state index contributed by atoms with van der Waals surface area (Å²) in [5, 5.41) is 10.4. The van der Waals surface area contributed by atoms with E-state index in [1.54, 1.807) is 0 Å². The Bertz CT molecular complexity index is 890. The summed E-state index contributed by atoms with van der Waals surface area (Å²) in [7, 11) is 0. The molecule has 1 heterocycles. The molecule has 3 nitrogen and oxygen atoms in total. The van der Waals surface area contributed by atoms with Crippen molar-refractivity contribution in [3.63, 3.8) is 0 Å². The Labute approximate surface area is 136 Å². The van der Waals surface area contributed by atoms with Crippen LogP contribution >= 0.6 is 0 Å². The summed E-state index contributed by atoms with van der Waals surface area (Å²) in [6.07, 6.45) is 0.961. The van der Waals surface area contributed by atoms with Gasteiger partial charge in [-0.25, -0.2) is 0 Å². The normalized spacial score (nSPS) is 11.1. The number of nitrogens with one attached hydrogen (secondary N) is 1. The molecule has 118 valence electrons. The van der Waals surface area contributed by atoms with Gasteiger partial charge in [0.15, 0.2) is 0 Å². The third-order valence-corrected chi connectivity index (χ3v) is 4.36. The number of aromatic nitrogens is 1. The first-order chi connectivity index (χ1) is 11.0. The quantitative estimate of drug-likeness (QED) is 0.737. The molecule has 0 aliphatic rings. The average Bonchev–Trinajstić information content (AvgIpc) is 2.84. The number of rotatable bonds is 4. The molecule has 0 bridgehead atoms. The summed E-state index contributed by atoms with van der Waals surface area (Å²) < 4.78 is 0. The van der Waals surface area contributed by atoms with Gasteiger partial charge in [0, 0.05) is 16.5 Å². The van der Waals surface area contributed by atoms with Crippen LogP contribution < -0.4 is 0 Å². The number of aliphatic carboxylic acids is 1. The van der Waals surface area contributed by atoms with E-state index in [1.165, 1.54) is 11.1 Å².